The lowest BCUT2D eigenvalue weighted by Crippen LogP contribution is -2.02. The number of nitrogens with zero attached hydrogens (tertiary/aromatic N) is 6. The first-order valence-corrected chi connectivity index (χ1v) is 14.0. The molecule has 0 saturated carbocycles. The lowest BCUT2D eigenvalue weighted by Gasteiger charge is -2.18. The molecule has 8 aromatic rings. The van der Waals surface area contributed by atoms with E-state index in [4.69, 9.17) is 6.57 Å². The molecule has 8 rings (SSSR count). The van der Waals surface area contributed by atoms with E-state index in [0.29, 0.717) is 16.8 Å². The second kappa shape index (κ2) is 9.71. The number of aromatic nitrogens is 3. The summed E-state index contributed by atoms with van der Waals surface area (Å²) < 4.78 is 4.40. The Hall–Kier alpha value is -6.68. The fourth-order valence-electron chi connectivity index (χ4n) is 6.40. The summed E-state index contributed by atoms with van der Waals surface area (Å²) in [5.74, 6) is 0. The number of hydrogen-bond donors (Lipinski definition) is 0. The number of pyridine rings is 1. The topological polar surface area (TPSA) is 74.7 Å². The number of rotatable bonds is 3. The van der Waals surface area contributed by atoms with Gasteiger partial charge in [-0.15, -0.1) is 0 Å². The highest BCUT2D eigenvalue weighted by Crippen LogP contribution is 2.41. The summed E-state index contributed by atoms with van der Waals surface area (Å²) in [5, 5.41) is 23.7. The number of hydrogen-bond acceptors (Lipinski definition) is 3. The molecule has 0 atom stereocenters. The Morgan fingerprint density at radius 1 is 0.568 bits per heavy atom. The molecule has 3 heterocycles. The Kier molecular flexibility index (Phi) is 5.53. The van der Waals surface area contributed by atoms with Gasteiger partial charge in [-0.3, -0.25) is 4.98 Å². The maximum Gasteiger partial charge on any atom is 0.188 e. The molecular weight excluding hydrogens is 540 g/mol. The van der Waals surface area contributed by atoms with Crippen LogP contribution in [0.3, 0.4) is 0 Å². The van der Waals surface area contributed by atoms with E-state index in [9.17, 15) is 10.5 Å². The van der Waals surface area contributed by atoms with Crippen molar-refractivity contribution < 1.29 is 0 Å². The first-order valence-electron chi connectivity index (χ1n) is 14.0. The van der Waals surface area contributed by atoms with E-state index in [2.05, 4.69) is 55.4 Å². The third-order valence-corrected chi connectivity index (χ3v) is 8.28. The van der Waals surface area contributed by atoms with Crippen molar-refractivity contribution in [2.75, 3.05) is 0 Å². The molecule has 0 radical (unpaired) electrons. The summed E-state index contributed by atoms with van der Waals surface area (Å²) in [4.78, 5) is 8.23. The monoisotopic (exact) mass is 560 g/mol. The molecule has 0 aliphatic heterocycles. The molecule has 6 nitrogen and oxygen atoms in total. The van der Waals surface area contributed by atoms with Crippen molar-refractivity contribution >= 4 is 49.3 Å². The van der Waals surface area contributed by atoms with Crippen molar-refractivity contribution in [2.45, 2.75) is 0 Å². The molecule has 6 heteroatoms. The molecule has 0 fully saturated rings. The lowest BCUT2D eigenvalue weighted by atomic mass is 10.00. The van der Waals surface area contributed by atoms with Gasteiger partial charge in [-0.05, 0) is 72.1 Å². The molecule has 0 saturated heterocycles. The second-order valence-corrected chi connectivity index (χ2v) is 10.6. The number of fused-ring (bicyclic) bond motifs is 6. The highest BCUT2D eigenvalue weighted by atomic mass is 15.0. The zero-order chi connectivity index (χ0) is 29.8. The van der Waals surface area contributed by atoms with E-state index in [1.54, 1.807) is 6.20 Å². The minimum Gasteiger partial charge on any atom is -0.309 e. The quantitative estimate of drug-likeness (QED) is 0.202. The van der Waals surface area contributed by atoms with Crippen LogP contribution in [0.5, 0.6) is 0 Å². The van der Waals surface area contributed by atoms with Crippen molar-refractivity contribution in [3.05, 3.63) is 144 Å². The molecule has 0 bridgehead atoms. The van der Waals surface area contributed by atoms with Gasteiger partial charge in [-0.1, -0.05) is 42.5 Å². The Morgan fingerprint density at radius 2 is 1.16 bits per heavy atom. The van der Waals surface area contributed by atoms with Gasteiger partial charge in [0.25, 0.3) is 0 Å². The fourth-order valence-corrected chi connectivity index (χ4v) is 6.40. The van der Waals surface area contributed by atoms with E-state index < -0.39 is 0 Å². The smallest absolute Gasteiger partial charge is 0.188 e. The summed E-state index contributed by atoms with van der Waals surface area (Å²) in [7, 11) is 0. The second-order valence-electron chi connectivity index (χ2n) is 10.6. The third-order valence-electron chi connectivity index (χ3n) is 8.28. The minimum absolute atomic E-state index is 0.545. The van der Waals surface area contributed by atoms with Gasteiger partial charge in [-0.25, -0.2) is 4.85 Å². The Labute approximate surface area is 252 Å². The van der Waals surface area contributed by atoms with Crippen LogP contribution in [-0.2, 0) is 0 Å². The Bertz CT molecular complexity index is 2600. The molecule has 0 N–H and O–H groups in total. The summed E-state index contributed by atoms with van der Waals surface area (Å²) in [6.07, 6.45) is 3.63. The SMILES string of the molecule is [C-]#[N+]c1ccc2c(c1)c1ccccc1n2-c1ccc(C#N)cc1-c1ccncc1-n1c2ccccc2c2cc(C#N)ccc21. The molecule has 0 aliphatic carbocycles. The van der Waals surface area contributed by atoms with Gasteiger partial charge >= 0.3 is 0 Å². The molecule has 0 unspecified atom stereocenters. The standard InChI is InChI=1S/C38H20N6/c1-41-26-12-15-37-32(20-26)28-7-3-4-8-33(28)43(37)35-13-10-25(22-40)19-31(35)29-16-17-42-23-38(29)44-34-9-5-2-6-27(34)30-18-24(21-39)11-14-36(30)44/h2-20,23H. The lowest BCUT2D eigenvalue weighted by molar-refractivity contribution is 1.13. The molecule has 0 spiro atoms. The number of nitriles is 2. The fraction of sp³-hybridized carbons (Fsp3) is 0. The van der Waals surface area contributed by atoms with Crippen molar-refractivity contribution in [1.82, 2.24) is 14.1 Å². The molecule has 0 amide bonds. The molecule has 44 heavy (non-hydrogen) atoms. The zero-order valence-electron chi connectivity index (χ0n) is 23.2. The Balaban J connectivity index is 1.48. The predicted molar refractivity (Wildman–Crippen MR) is 174 cm³/mol. The van der Waals surface area contributed by atoms with Crippen molar-refractivity contribution in [3.63, 3.8) is 0 Å². The van der Waals surface area contributed by atoms with E-state index in [1.165, 1.54) is 0 Å². The van der Waals surface area contributed by atoms with Crippen LogP contribution < -0.4 is 0 Å². The molecule has 0 aliphatic rings. The average molecular weight is 561 g/mol. The Morgan fingerprint density at radius 3 is 1.86 bits per heavy atom. The van der Waals surface area contributed by atoms with Crippen molar-refractivity contribution in [2.24, 2.45) is 0 Å². The number of benzene rings is 5. The van der Waals surface area contributed by atoms with Crippen LogP contribution in [0.25, 0.3) is 71.0 Å². The molecule has 3 aromatic heterocycles. The zero-order valence-corrected chi connectivity index (χ0v) is 23.2. The minimum atomic E-state index is 0.545. The van der Waals surface area contributed by atoms with Gasteiger partial charge in [0.1, 0.15) is 0 Å². The van der Waals surface area contributed by atoms with Gasteiger partial charge in [0.2, 0.25) is 0 Å². The largest absolute Gasteiger partial charge is 0.309 e. The summed E-state index contributed by atoms with van der Waals surface area (Å²) in [5.41, 5.74) is 9.21. The van der Waals surface area contributed by atoms with E-state index in [0.717, 1.165) is 66.1 Å². The van der Waals surface area contributed by atoms with Gasteiger partial charge in [0, 0.05) is 33.5 Å². The van der Waals surface area contributed by atoms with Crippen LogP contribution in [0.2, 0.25) is 0 Å². The van der Waals surface area contributed by atoms with E-state index in [-0.39, 0.29) is 0 Å². The third kappa shape index (κ3) is 3.61. The van der Waals surface area contributed by atoms with E-state index >= 15 is 0 Å². The summed E-state index contributed by atoms with van der Waals surface area (Å²) >= 11 is 0. The van der Waals surface area contributed by atoms with Crippen LogP contribution in [0.15, 0.2) is 122 Å². The van der Waals surface area contributed by atoms with Crippen LogP contribution in [0.4, 0.5) is 5.69 Å². The van der Waals surface area contributed by atoms with E-state index in [1.807, 2.05) is 91.1 Å². The van der Waals surface area contributed by atoms with Crippen LogP contribution >= 0.6 is 0 Å². The highest BCUT2D eigenvalue weighted by molar-refractivity contribution is 6.12. The average Bonchev–Trinajstić information content (AvgIpc) is 3.60. The van der Waals surface area contributed by atoms with Crippen LogP contribution in [0.1, 0.15) is 11.1 Å². The molecule has 202 valence electrons. The van der Waals surface area contributed by atoms with Crippen LogP contribution in [-0.4, -0.2) is 14.1 Å². The normalized spacial score (nSPS) is 11.1. The van der Waals surface area contributed by atoms with Crippen molar-refractivity contribution in [1.29, 1.82) is 10.5 Å². The molecular formula is C38H20N6. The van der Waals surface area contributed by atoms with Gasteiger partial charge in [0.15, 0.2) is 5.69 Å². The van der Waals surface area contributed by atoms with Crippen molar-refractivity contribution in [3.8, 4) is 34.6 Å². The molecule has 5 aromatic carbocycles. The maximum absolute atomic E-state index is 9.99. The summed E-state index contributed by atoms with van der Waals surface area (Å²) in [6.45, 7) is 7.58. The first-order chi connectivity index (χ1) is 21.7. The highest BCUT2D eigenvalue weighted by Gasteiger charge is 2.21. The van der Waals surface area contributed by atoms with Gasteiger partial charge in [0.05, 0.1) is 69.5 Å². The predicted octanol–water partition coefficient (Wildman–Crippen LogP) is 9.24. The number of para-hydroxylation sites is 2. The summed E-state index contributed by atoms with van der Waals surface area (Å²) in [6, 6.07) is 40.3. The van der Waals surface area contributed by atoms with Crippen LogP contribution in [0, 0.1) is 29.2 Å². The van der Waals surface area contributed by atoms with Gasteiger partial charge < -0.3 is 9.13 Å². The maximum atomic E-state index is 9.99. The van der Waals surface area contributed by atoms with Gasteiger partial charge in [-0.2, -0.15) is 10.5 Å². The first kappa shape index (κ1) is 25.1.